The third-order valence-electron chi connectivity index (χ3n) is 5.03. The molecule has 0 atom stereocenters. The van der Waals surface area contributed by atoms with Crippen molar-refractivity contribution < 1.29 is 26.6 Å². The van der Waals surface area contributed by atoms with Crippen LogP contribution in [0.1, 0.15) is 11.5 Å². The normalized spacial score (nSPS) is 15.0. The Labute approximate surface area is 194 Å². The van der Waals surface area contributed by atoms with Gasteiger partial charge in [-0.1, -0.05) is 23.7 Å². The first-order valence-electron chi connectivity index (χ1n) is 9.88. The lowest BCUT2D eigenvalue weighted by Gasteiger charge is -2.33. The van der Waals surface area contributed by atoms with Crippen LogP contribution in [-0.4, -0.2) is 49.9 Å². The molecule has 4 rings (SSSR count). The van der Waals surface area contributed by atoms with E-state index in [1.54, 1.807) is 58.3 Å². The molecule has 0 N–H and O–H groups in total. The third-order valence-corrected chi connectivity index (χ3v) is 6.55. The number of rotatable bonds is 4. The third kappa shape index (κ3) is 5.53. The topological polar surface area (TPSA) is 79.5 Å². The molecular weight excluding hydrogens is 481 g/mol. The number of urea groups is 1. The summed E-state index contributed by atoms with van der Waals surface area (Å²) in [5.41, 5.74) is 1.69. The van der Waals surface area contributed by atoms with E-state index in [9.17, 15) is 22.2 Å². The number of alkyl halides is 3. The Kier molecular flexibility index (Phi) is 6.71. The molecule has 0 spiro atoms. The molecule has 3 aromatic rings. The van der Waals surface area contributed by atoms with Crippen LogP contribution >= 0.6 is 11.6 Å². The predicted molar refractivity (Wildman–Crippen MR) is 117 cm³/mol. The molecule has 33 heavy (non-hydrogen) atoms. The molecule has 174 valence electrons. The Balaban J connectivity index is 1.55. The first-order chi connectivity index (χ1) is 15.7. The molecule has 0 unspecified atom stereocenters. The number of hydrogen-bond acceptors (Lipinski definition) is 5. The summed E-state index contributed by atoms with van der Waals surface area (Å²) in [7, 11) is -0.921. The lowest BCUT2D eigenvalue weighted by molar-refractivity contribution is -0.156. The van der Waals surface area contributed by atoms with Gasteiger partial charge in [0.05, 0.1) is 6.54 Å². The Hall–Kier alpha value is -2.92. The number of nitrogens with zero attached hydrogens (tertiary/aromatic N) is 4. The van der Waals surface area contributed by atoms with Crippen molar-refractivity contribution >= 4 is 34.1 Å². The maximum Gasteiger partial charge on any atom is 0.470 e. The fourth-order valence-electron chi connectivity index (χ4n) is 3.28. The van der Waals surface area contributed by atoms with Crippen LogP contribution in [0.25, 0.3) is 11.5 Å². The molecule has 1 aromatic heterocycles. The smallest absolute Gasteiger partial charge is 0.413 e. The molecule has 0 aliphatic carbocycles. The molecule has 12 heteroatoms. The average Bonchev–Trinajstić information content (AvgIpc) is 3.30. The van der Waals surface area contributed by atoms with E-state index in [0.29, 0.717) is 40.9 Å². The van der Waals surface area contributed by atoms with E-state index in [2.05, 4.69) is 10.2 Å². The van der Waals surface area contributed by atoms with Crippen LogP contribution in [-0.2, 0) is 23.5 Å². The summed E-state index contributed by atoms with van der Waals surface area (Å²) >= 11 is 5.99. The van der Waals surface area contributed by atoms with Gasteiger partial charge in [0.15, 0.2) is 0 Å². The van der Waals surface area contributed by atoms with Gasteiger partial charge < -0.3 is 9.32 Å². The second kappa shape index (κ2) is 9.52. The molecule has 0 saturated carbocycles. The minimum absolute atomic E-state index is 0.206. The number of carbonyl (C=O) groups excluding carboxylic acids is 1. The number of hydrogen-bond donors (Lipinski definition) is 0. The number of anilines is 1. The zero-order chi connectivity index (χ0) is 23.6. The second-order valence-corrected chi connectivity index (χ2v) is 9.42. The van der Waals surface area contributed by atoms with Crippen molar-refractivity contribution in [2.75, 3.05) is 29.5 Å². The van der Waals surface area contributed by atoms with Crippen LogP contribution in [0, 0.1) is 0 Å². The summed E-state index contributed by atoms with van der Waals surface area (Å²) in [6.07, 6.45) is -4.72. The highest BCUT2D eigenvalue weighted by Crippen LogP contribution is 2.30. The van der Waals surface area contributed by atoms with Crippen molar-refractivity contribution in [2.24, 2.45) is 0 Å². The molecule has 1 aliphatic rings. The van der Waals surface area contributed by atoms with Crippen molar-refractivity contribution in [1.82, 2.24) is 15.1 Å². The monoisotopic (exact) mass is 498 g/mol. The quantitative estimate of drug-likeness (QED) is 0.525. The number of amides is 2. The van der Waals surface area contributed by atoms with Gasteiger partial charge in [-0.15, -0.1) is 10.2 Å². The minimum Gasteiger partial charge on any atom is -0.413 e. The Morgan fingerprint density at radius 1 is 1.06 bits per heavy atom. The lowest BCUT2D eigenvalue weighted by Crippen LogP contribution is -2.48. The maximum absolute atomic E-state index is 13.3. The molecule has 7 nitrogen and oxygen atoms in total. The largest absolute Gasteiger partial charge is 0.470 e. The first kappa shape index (κ1) is 23.2. The summed E-state index contributed by atoms with van der Waals surface area (Å²) in [6, 6.07) is 13.0. The van der Waals surface area contributed by atoms with Crippen LogP contribution in [0.15, 0.2) is 52.9 Å². The first-order valence-corrected chi connectivity index (χ1v) is 11.7. The van der Waals surface area contributed by atoms with Gasteiger partial charge in [-0.3, -0.25) is 9.11 Å². The fraction of sp³-hybridized carbons (Fsp3) is 0.286. The summed E-state index contributed by atoms with van der Waals surface area (Å²) in [5.74, 6) is -0.804. The molecule has 1 fully saturated rings. The van der Waals surface area contributed by atoms with Crippen LogP contribution < -0.4 is 4.90 Å². The standard InChI is InChI=1S/C21H18ClF3N4O3S/c22-16-5-7-17(8-6-16)29(20(30)28-9-11-33(31)12-10-28)13-14-1-3-15(4-2-14)18-26-27-19(32-18)21(23,24)25/h1-8H,9-13H2. The van der Waals surface area contributed by atoms with Crippen molar-refractivity contribution in [3.05, 3.63) is 65.0 Å². The van der Waals surface area contributed by atoms with Crippen molar-refractivity contribution in [2.45, 2.75) is 12.7 Å². The fourth-order valence-corrected chi connectivity index (χ4v) is 4.46. The SMILES string of the molecule is O=C(N1CCS(=O)CC1)N(Cc1ccc(-c2nnc(C(F)(F)F)o2)cc1)c1ccc(Cl)cc1. The molecule has 1 saturated heterocycles. The van der Waals surface area contributed by atoms with E-state index in [4.69, 9.17) is 16.0 Å². The molecule has 2 heterocycles. The second-order valence-electron chi connectivity index (χ2n) is 7.29. The van der Waals surface area contributed by atoms with E-state index in [0.717, 1.165) is 5.56 Å². The molecule has 1 aliphatic heterocycles. The van der Waals surface area contributed by atoms with Gasteiger partial charge in [-0.2, -0.15) is 13.2 Å². The number of carbonyl (C=O) groups is 1. The summed E-state index contributed by atoms with van der Waals surface area (Å²) in [4.78, 5) is 16.5. The Bertz CT molecular complexity index is 1140. The molecule has 2 aromatic carbocycles. The van der Waals surface area contributed by atoms with Gasteiger partial charge in [0.25, 0.3) is 0 Å². The van der Waals surface area contributed by atoms with Crippen molar-refractivity contribution in [1.29, 1.82) is 0 Å². The van der Waals surface area contributed by atoms with Gasteiger partial charge in [0.1, 0.15) is 0 Å². The van der Waals surface area contributed by atoms with Crippen LogP contribution in [0.5, 0.6) is 0 Å². The number of benzene rings is 2. The molecular formula is C21H18ClF3N4O3S. The zero-order valence-corrected chi connectivity index (χ0v) is 18.7. The zero-order valence-electron chi connectivity index (χ0n) is 17.1. The van der Waals surface area contributed by atoms with Gasteiger partial charge >= 0.3 is 18.1 Å². The van der Waals surface area contributed by atoms with Crippen LogP contribution in [0.4, 0.5) is 23.7 Å². The van der Waals surface area contributed by atoms with Gasteiger partial charge in [0, 0.05) is 51.7 Å². The van der Waals surface area contributed by atoms with Crippen LogP contribution in [0.2, 0.25) is 5.02 Å². The molecule has 2 amide bonds. The summed E-state index contributed by atoms with van der Waals surface area (Å²) in [6.45, 7) is 0.998. The molecule has 0 bridgehead atoms. The Morgan fingerprint density at radius 2 is 1.70 bits per heavy atom. The highest BCUT2D eigenvalue weighted by molar-refractivity contribution is 7.85. The average molecular weight is 499 g/mol. The lowest BCUT2D eigenvalue weighted by atomic mass is 10.1. The highest BCUT2D eigenvalue weighted by Gasteiger charge is 2.38. The van der Waals surface area contributed by atoms with E-state index >= 15 is 0 Å². The number of halogens is 4. The predicted octanol–water partition coefficient (Wildman–Crippen LogP) is 4.60. The molecule has 0 radical (unpaired) electrons. The van der Waals surface area contributed by atoms with Crippen molar-refractivity contribution in [3.8, 4) is 11.5 Å². The number of aromatic nitrogens is 2. The van der Waals surface area contributed by atoms with Crippen molar-refractivity contribution in [3.63, 3.8) is 0 Å². The minimum atomic E-state index is -4.72. The van der Waals surface area contributed by atoms with E-state index in [1.807, 2.05) is 0 Å². The van der Waals surface area contributed by atoms with Gasteiger partial charge in [0.2, 0.25) is 5.89 Å². The highest BCUT2D eigenvalue weighted by atomic mass is 35.5. The van der Waals surface area contributed by atoms with E-state index in [1.165, 1.54) is 0 Å². The van der Waals surface area contributed by atoms with Gasteiger partial charge in [-0.05, 0) is 42.0 Å². The summed E-state index contributed by atoms with van der Waals surface area (Å²) in [5, 5.41) is 7.01. The summed E-state index contributed by atoms with van der Waals surface area (Å²) < 4.78 is 54.5. The van der Waals surface area contributed by atoms with Crippen LogP contribution in [0.3, 0.4) is 0 Å². The van der Waals surface area contributed by atoms with E-state index < -0.39 is 22.9 Å². The van der Waals surface area contributed by atoms with E-state index in [-0.39, 0.29) is 18.5 Å². The van der Waals surface area contributed by atoms with Gasteiger partial charge in [-0.25, -0.2) is 4.79 Å². The maximum atomic E-state index is 13.3. The Morgan fingerprint density at radius 3 is 2.27 bits per heavy atom.